The Balaban J connectivity index is 1.43. The summed E-state index contributed by atoms with van der Waals surface area (Å²) < 4.78 is 5.04. The largest absolute Gasteiger partial charge is 0.480 e. The molecule has 2 N–H and O–H groups in total. The van der Waals surface area contributed by atoms with Gasteiger partial charge in [0.05, 0.1) is 4.92 Å². The Hall–Kier alpha value is -4.48. The number of aliphatic carboxylic acids is 1. The molecule has 0 spiro atoms. The molecule has 0 bridgehead atoms. The Morgan fingerprint density at radius 1 is 0.972 bits per heavy atom. The highest BCUT2D eigenvalue weighted by atomic mass is 16.6. The number of non-ortho nitro benzene ring substituents is 1. The summed E-state index contributed by atoms with van der Waals surface area (Å²) in [6, 6.07) is 12.9. The molecule has 36 heavy (non-hydrogen) atoms. The van der Waals surface area contributed by atoms with Crippen LogP contribution < -0.4 is 5.32 Å². The number of benzene rings is 2. The van der Waals surface area contributed by atoms with Crippen LogP contribution in [0.4, 0.5) is 10.5 Å². The molecular weight excluding hydrogens is 472 g/mol. The number of ether oxygens (including phenoxy) is 1. The number of nitro benzene ring substituents is 1. The van der Waals surface area contributed by atoms with E-state index in [1.807, 2.05) is 6.07 Å². The number of hydrogen-bond acceptors (Lipinski definition) is 7. The monoisotopic (exact) mass is 498 g/mol. The summed E-state index contributed by atoms with van der Waals surface area (Å²) in [7, 11) is 0. The van der Waals surface area contributed by atoms with E-state index in [0.717, 1.165) is 5.56 Å². The van der Waals surface area contributed by atoms with Gasteiger partial charge < -0.3 is 25.0 Å². The van der Waals surface area contributed by atoms with Crippen molar-refractivity contribution in [1.82, 2.24) is 15.1 Å². The van der Waals surface area contributed by atoms with Gasteiger partial charge in [0.25, 0.3) is 11.6 Å². The van der Waals surface area contributed by atoms with Gasteiger partial charge in [-0.3, -0.25) is 19.7 Å². The highest BCUT2D eigenvalue weighted by Crippen LogP contribution is 2.15. The zero-order valence-electron chi connectivity index (χ0n) is 19.4. The summed E-state index contributed by atoms with van der Waals surface area (Å²) in [5.74, 6) is -1.86. The Labute approximate surface area is 206 Å². The molecule has 1 aliphatic rings. The van der Waals surface area contributed by atoms with Crippen LogP contribution in [0.2, 0.25) is 0 Å². The van der Waals surface area contributed by atoms with E-state index in [4.69, 9.17) is 4.74 Å². The molecule has 3 amide bonds. The minimum atomic E-state index is -1.29. The zero-order valence-corrected chi connectivity index (χ0v) is 19.4. The van der Waals surface area contributed by atoms with Crippen molar-refractivity contribution in [3.8, 4) is 0 Å². The molecule has 0 saturated carbocycles. The second kappa shape index (κ2) is 12.3. The summed E-state index contributed by atoms with van der Waals surface area (Å²) in [4.78, 5) is 62.0. The molecule has 0 radical (unpaired) electrons. The van der Waals surface area contributed by atoms with Crippen molar-refractivity contribution in [2.45, 2.75) is 25.5 Å². The quantitative estimate of drug-likeness (QED) is 0.392. The summed E-state index contributed by atoms with van der Waals surface area (Å²) in [6.45, 7) is 1.06. The number of alkyl carbamates (subject to hydrolysis) is 1. The first-order valence-corrected chi connectivity index (χ1v) is 11.3. The van der Waals surface area contributed by atoms with Crippen LogP contribution in [0, 0.1) is 10.1 Å². The Morgan fingerprint density at radius 2 is 1.58 bits per heavy atom. The number of nitrogens with zero attached hydrogens (tertiary/aromatic N) is 3. The van der Waals surface area contributed by atoms with Crippen LogP contribution in [0.5, 0.6) is 0 Å². The maximum absolute atomic E-state index is 12.6. The van der Waals surface area contributed by atoms with Gasteiger partial charge in [0.15, 0.2) is 0 Å². The van der Waals surface area contributed by atoms with E-state index in [1.165, 1.54) is 29.2 Å². The van der Waals surface area contributed by atoms with Crippen LogP contribution >= 0.6 is 0 Å². The van der Waals surface area contributed by atoms with Crippen LogP contribution in [-0.2, 0) is 20.9 Å². The number of piperazine rings is 1. The number of carboxylic acids is 1. The maximum Gasteiger partial charge on any atom is 0.408 e. The SMILES string of the molecule is O=C(N[C@@H](CCC(=O)N1CCN(C(=O)c2ccc([N+](=O)[O-])cc2)CC1)C(=O)O)OCc1ccccc1. The van der Waals surface area contributed by atoms with Gasteiger partial charge in [-0.05, 0) is 24.1 Å². The van der Waals surface area contributed by atoms with E-state index < -0.39 is 23.0 Å². The average Bonchev–Trinajstić information content (AvgIpc) is 2.89. The fraction of sp³-hybridized carbons (Fsp3) is 0.333. The predicted molar refractivity (Wildman–Crippen MR) is 126 cm³/mol. The van der Waals surface area contributed by atoms with Gasteiger partial charge >= 0.3 is 12.1 Å². The van der Waals surface area contributed by atoms with Crippen molar-refractivity contribution in [2.75, 3.05) is 26.2 Å². The minimum Gasteiger partial charge on any atom is -0.480 e. The molecule has 1 heterocycles. The summed E-state index contributed by atoms with van der Waals surface area (Å²) in [5.41, 5.74) is 0.955. The highest BCUT2D eigenvalue weighted by Gasteiger charge is 2.27. The summed E-state index contributed by atoms with van der Waals surface area (Å²) in [6.07, 6.45) is -1.11. The van der Waals surface area contributed by atoms with E-state index in [1.54, 1.807) is 29.2 Å². The van der Waals surface area contributed by atoms with Crippen molar-refractivity contribution >= 4 is 29.6 Å². The van der Waals surface area contributed by atoms with Crippen LogP contribution in [0.1, 0.15) is 28.8 Å². The molecule has 2 aromatic carbocycles. The smallest absolute Gasteiger partial charge is 0.408 e. The number of carbonyl (C=O) groups is 4. The molecule has 190 valence electrons. The van der Waals surface area contributed by atoms with Crippen LogP contribution in [0.15, 0.2) is 54.6 Å². The van der Waals surface area contributed by atoms with E-state index >= 15 is 0 Å². The second-order valence-electron chi connectivity index (χ2n) is 8.11. The molecule has 0 unspecified atom stereocenters. The fourth-order valence-corrected chi connectivity index (χ4v) is 3.66. The van der Waals surface area contributed by atoms with Crippen LogP contribution in [-0.4, -0.2) is 75.9 Å². The lowest BCUT2D eigenvalue weighted by Gasteiger charge is -2.35. The lowest BCUT2D eigenvalue weighted by Crippen LogP contribution is -2.51. The third-order valence-electron chi connectivity index (χ3n) is 5.69. The first-order chi connectivity index (χ1) is 17.2. The summed E-state index contributed by atoms with van der Waals surface area (Å²) in [5, 5.41) is 22.4. The maximum atomic E-state index is 12.6. The number of amides is 3. The van der Waals surface area contributed by atoms with Crippen molar-refractivity contribution in [3.63, 3.8) is 0 Å². The second-order valence-corrected chi connectivity index (χ2v) is 8.11. The molecular formula is C24H26N4O8. The molecule has 0 aliphatic carbocycles. The normalized spacial score (nSPS) is 14.0. The number of rotatable bonds is 9. The summed E-state index contributed by atoms with van der Waals surface area (Å²) >= 11 is 0. The molecule has 0 aromatic heterocycles. The van der Waals surface area contributed by atoms with Crippen LogP contribution in [0.3, 0.4) is 0 Å². The Morgan fingerprint density at radius 3 is 2.17 bits per heavy atom. The number of carboxylic acid groups (broad SMARTS) is 1. The molecule has 1 atom stereocenters. The van der Waals surface area contributed by atoms with Crippen molar-refractivity contribution in [2.24, 2.45) is 0 Å². The number of hydrogen-bond donors (Lipinski definition) is 2. The third-order valence-corrected chi connectivity index (χ3v) is 5.69. The van der Waals surface area contributed by atoms with Gasteiger partial charge in [-0.2, -0.15) is 0 Å². The van der Waals surface area contributed by atoms with E-state index in [0.29, 0.717) is 5.56 Å². The first kappa shape index (κ1) is 26.1. The average molecular weight is 498 g/mol. The van der Waals surface area contributed by atoms with E-state index in [9.17, 15) is 34.4 Å². The highest BCUT2D eigenvalue weighted by molar-refractivity contribution is 5.94. The van der Waals surface area contributed by atoms with E-state index in [2.05, 4.69) is 5.32 Å². The Kier molecular flexibility index (Phi) is 8.92. The van der Waals surface area contributed by atoms with Gasteiger partial charge in [0, 0.05) is 50.3 Å². The molecule has 1 fully saturated rings. The van der Waals surface area contributed by atoms with Crippen molar-refractivity contribution in [1.29, 1.82) is 0 Å². The first-order valence-electron chi connectivity index (χ1n) is 11.3. The topological polar surface area (TPSA) is 159 Å². The van der Waals surface area contributed by atoms with Crippen molar-refractivity contribution in [3.05, 3.63) is 75.8 Å². The molecule has 2 aromatic rings. The van der Waals surface area contributed by atoms with Gasteiger partial charge in [0.2, 0.25) is 5.91 Å². The minimum absolute atomic E-state index is 0.0131. The molecule has 3 rings (SSSR count). The van der Waals surface area contributed by atoms with Crippen LogP contribution in [0.25, 0.3) is 0 Å². The fourth-order valence-electron chi connectivity index (χ4n) is 3.66. The molecule has 12 nitrogen and oxygen atoms in total. The molecule has 12 heteroatoms. The molecule has 1 saturated heterocycles. The number of nitro groups is 1. The number of carbonyl (C=O) groups excluding carboxylic acids is 3. The van der Waals surface area contributed by atoms with Crippen molar-refractivity contribution < 1.29 is 33.9 Å². The van der Waals surface area contributed by atoms with E-state index in [-0.39, 0.29) is 63.1 Å². The van der Waals surface area contributed by atoms with Gasteiger partial charge in [0.1, 0.15) is 12.6 Å². The molecule has 1 aliphatic heterocycles. The van der Waals surface area contributed by atoms with Gasteiger partial charge in [-0.15, -0.1) is 0 Å². The third kappa shape index (κ3) is 7.26. The van der Waals surface area contributed by atoms with Gasteiger partial charge in [-0.1, -0.05) is 30.3 Å². The number of nitrogens with one attached hydrogen (secondary N) is 1. The zero-order chi connectivity index (χ0) is 26.1. The lowest BCUT2D eigenvalue weighted by molar-refractivity contribution is -0.384. The Bertz CT molecular complexity index is 1100. The van der Waals surface area contributed by atoms with Gasteiger partial charge in [-0.25, -0.2) is 9.59 Å². The lowest BCUT2D eigenvalue weighted by atomic mass is 10.1. The standard InChI is InChI=1S/C24H26N4O8/c29-21(11-10-20(23(31)32)25-24(33)36-16-17-4-2-1-3-5-17)26-12-14-27(15-13-26)22(30)18-6-8-19(9-7-18)28(34)35/h1-9,20H,10-16H2,(H,25,33)(H,31,32)/t20-/m0/s1. The predicted octanol–water partition coefficient (Wildman–Crippen LogP) is 2.04.